The van der Waals surface area contributed by atoms with Crippen LogP contribution in [-0.2, 0) is 4.79 Å². The Kier molecular flexibility index (Phi) is 7.38. The van der Waals surface area contributed by atoms with E-state index in [2.05, 4.69) is 10.2 Å². The Morgan fingerprint density at radius 1 is 1.10 bits per heavy atom. The SMILES string of the molecule is CC(=O)Nc1ccc(OCC(O)CN2CCC(C(=O)c3ccccc3)CC2)cc1. The van der Waals surface area contributed by atoms with Crippen molar-refractivity contribution >= 4 is 17.4 Å². The van der Waals surface area contributed by atoms with Crippen LogP contribution in [0, 0.1) is 5.92 Å². The van der Waals surface area contributed by atoms with Gasteiger partial charge in [-0.15, -0.1) is 0 Å². The van der Waals surface area contributed by atoms with Gasteiger partial charge in [0.15, 0.2) is 5.78 Å². The first kappa shape index (κ1) is 21.0. The van der Waals surface area contributed by atoms with Crippen LogP contribution in [0.25, 0.3) is 0 Å². The minimum Gasteiger partial charge on any atom is -0.491 e. The quantitative estimate of drug-likeness (QED) is 0.671. The van der Waals surface area contributed by atoms with Gasteiger partial charge in [-0.05, 0) is 50.2 Å². The summed E-state index contributed by atoms with van der Waals surface area (Å²) in [5, 5.41) is 13.0. The molecule has 0 aromatic heterocycles. The lowest BCUT2D eigenvalue weighted by molar-refractivity contribution is -0.114. The lowest BCUT2D eigenvalue weighted by Crippen LogP contribution is -2.42. The van der Waals surface area contributed by atoms with E-state index in [1.54, 1.807) is 24.3 Å². The van der Waals surface area contributed by atoms with Crippen molar-refractivity contribution in [2.45, 2.75) is 25.9 Å². The van der Waals surface area contributed by atoms with Gasteiger partial charge in [0.05, 0.1) is 0 Å². The second-order valence-corrected chi connectivity index (χ2v) is 7.48. The van der Waals surface area contributed by atoms with E-state index in [9.17, 15) is 14.7 Å². The molecule has 0 aliphatic carbocycles. The van der Waals surface area contributed by atoms with Crippen LogP contribution in [0.5, 0.6) is 5.75 Å². The first-order valence-corrected chi connectivity index (χ1v) is 10.0. The third kappa shape index (κ3) is 6.41. The molecule has 0 bridgehead atoms. The first-order chi connectivity index (χ1) is 14.0. The van der Waals surface area contributed by atoms with Crippen molar-refractivity contribution in [3.63, 3.8) is 0 Å². The third-order valence-electron chi connectivity index (χ3n) is 5.10. The Balaban J connectivity index is 1.39. The number of piperidine rings is 1. The lowest BCUT2D eigenvalue weighted by Gasteiger charge is -2.32. The van der Waals surface area contributed by atoms with Gasteiger partial charge in [0.25, 0.3) is 0 Å². The summed E-state index contributed by atoms with van der Waals surface area (Å²) in [4.78, 5) is 25.8. The smallest absolute Gasteiger partial charge is 0.221 e. The maximum absolute atomic E-state index is 12.6. The number of β-amino-alcohol motifs (C(OH)–C–C–N with tert-alkyl or cyclic N) is 1. The predicted octanol–water partition coefficient (Wildman–Crippen LogP) is 2.98. The van der Waals surface area contributed by atoms with E-state index in [-0.39, 0.29) is 24.2 Å². The highest BCUT2D eigenvalue weighted by Gasteiger charge is 2.26. The number of Topliss-reactive ketones (excluding diaryl/α,β-unsaturated/α-hetero) is 1. The maximum atomic E-state index is 12.6. The number of nitrogens with one attached hydrogen (secondary N) is 1. The molecule has 1 aliphatic heterocycles. The minimum atomic E-state index is -0.605. The number of amides is 1. The van der Waals surface area contributed by atoms with Crippen molar-refractivity contribution in [1.82, 2.24) is 4.90 Å². The van der Waals surface area contributed by atoms with E-state index >= 15 is 0 Å². The monoisotopic (exact) mass is 396 g/mol. The Morgan fingerprint density at radius 2 is 1.76 bits per heavy atom. The molecule has 1 heterocycles. The minimum absolute atomic E-state index is 0.0594. The summed E-state index contributed by atoms with van der Waals surface area (Å²) < 4.78 is 5.64. The van der Waals surface area contributed by atoms with E-state index in [1.165, 1.54) is 6.92 Å². The average molecular weight is 396 g/mol. The van der Waals surface area contributed by atoms with E-state index < -0.39 is 6.10 Å². The lowest BCUT2D eigenvalue weighted by atomic mass is 9.89. The Hall–Kier alpha value is -2.70. The summed E-state index contributed by atoms with van der Waals surface area (Å²) >= 11 is 0. The fourth-order valence-electron chi connectivity index (χ4n) is 3.60. The van der Waals surface area contributed by atoms with Crippen LogP contribution in [-0.4, -0.2) is 54.0 Å². The van der Waals surface area contributed by atoms with Crippen molar-refractivity contribution in [1.29, 1.82) is 0 Å². The first-order valence-electron chi connectivity index (χ1n) is 10.0. The number of carbonyl (C=O) groups excluding carboxylic acids is 2. The van der Waals surface area contributed by atoms with Crippen LogP contribution >= 0.6 is 0 Å². The molecule has 1 aliphatic rings. The zero-order valence-electron chi connectivity index (χ0n) is 16.7. The second kappa shape index (κ2) is 10.2. The third-order valence-corrected chi connectivity index (χ3v) is 5.10. The molecule has 2 N–H and O–H groups in total. The zero-order chi connectivity index (χ0) is 20.6. The number of anilines is 1. The topological polar surface area (TPSA) is 78.9 Å². The zero-order valence-corrected chi connectivity index (χ0v) is 16.7. The number of rotatable bonds is 8. The molecule has 6 nitrogen and oxygen atoms in total. The van der Waals surface area contributed by atoms with Gasteiger partial charge >= 0.3 is 0 Å². The van der Waals surface area contributed by atoms with Gasteiger partial charge in [-0.1, -0.05) is 30.3 Å². The number of hydrogen-bond donors (Lipinski definition) is 2. The molecule has 0 spiro atoms. The summed E-state index contributed by atoms with van der Waals surface area (Å²) in [6.45, 7) is 3.77. The molecule has 1 fully saturated rings. The van der Waals surface area contributed by atoms with Crippen molar-refractivity contribution in [3.05, 3.63) is 60.2 Å². The summed E-state index contributed by atoms with van der Waals surface area (Å²) in [5.41, 5.74) is 1.49. The van der Waals surface area contributed by atoms with Gasteiger partial charge < -0.3 is 20.1 Å². The number of aliphatic hydroxyl groups excluding tert-OH is 1. The molecule has 2 aromatic rings. The van der Waals surface area contributed by atoms with E-state index in [4.69, 9.17) is 4.74 Å². The van der Waals surface area contributed by atoms with Crippen LogP contribution in [0.3, 0.4) is 0 Å². The van der Waals surface area contributed by atoms with Crippen LogP contribution in [0.15, 0.2) is 54.6 Å². The standard InChI is InChI=1S/C23H28N2O4/c1-17(26)24-20-7-9-22(10-8-20)29-16-21(27)15-25-13-11-19(12-14-25)23(28)18-5-3-2-4-6-18/h2-10,19,21,27H,11-16H2,1H3,(H,24,26). The van der Waals surface area contributed by atoms with Crippen LogP contribution in [0.4, 0.5) is 5.69 Å². The van der Waals surface area contributed by atoms with Gasteiger partial charge in [0, 0.05) is 30.6 Å². The highest BCUT2D eigenvalue weighted by atomic mass is 16.5. The van der Waals surface area contributed by atoms with Crippen molar-refractivity contribution in [2.75, 3.05) is 31.6 Å². The summed E-state index contributed by atoms with van der Waals surface area (Å²) in [6, 6.07) is 16.5. The van der Waals surface area contributed by atoms with Crippen molar-refractivity contribution < 1.29 is 19.4 Å². The molecule has 6 heteroatoms. The predicted molar refractivity (Wildman–Crippen MR) is 112 cm³/mol. The number of ketones is 1. The van der Waals surface area contributed by atoms with E-state index in [1.807, 2.05) is 30.3 Å². The molecule has 2 aromatic carbocycles. The number of carbonyl (C=O) groups is 2. The Labute approximate surface area is 171 Å². The number of benzene rings is 2. The Morgan fingerprint density at radius 3 is 2.38 bits per heavy atom. The Bertz CT molecular complexity index is 799. The molecule has 1 unspecified atom stereocenters. The fourth-order valence-corrected chi connectivity index (χ4v) is 3.60. The number of hydrogen-bond acceptors (Lipinski definition) is 5. The van der Waals surface area contributed by atoms with Gasteiger partial charge in [-0.2, -0.15) is 0 Å². The fraction of sp³-hybridized carbons (Fsp3) is 0.391. The molecule has 29 heavy (non-hydrogen) atoms. The summed E-state index contributed by atoms with van der Waals surface area (Å²) in [7, 11) is 0. The summed E-state index contributed by atoms with van der Waals surface area (Å²) in [5.74, 6) is 0.801. The molecule has 1 atom stereocenters. The summed E-state index contributed by atoms with van der Waals surface area (Å²) in [6.07, 6.45) is 1.02. The molecule has 0 saturated carbocycles. The van der Waals surface area contributed by atoms with Crippen LogP contribution in [0.2, 0.25) is 0 Å². The number of ether oxygens (including phenoxy) is 1. The maximum Gasteiger partial charge on any atom is 0.221 e. The second-order valence-electron chi connectivity index (χ2n) is 7.48. The molecule has 3 rings (SSSR count). The highest BCUT2D eigenvalue weighted by molar-refractivity contribution is 5.97. The molecule has 154 valence electrons. The van der Waals surface area contributed by atoms with Crippen molar-refractivity contribution in [3.8, 4) is 5.75 Å². The van der Waals surface area contributed by atoms with Crippen LogP contribution in [0.1, 0.15) is 30.1 Å². The number of aliphatic hydroxyl groups is 1. The molecular formula is C23H28N2O4. The highest BCUT2D eigenvalue weighted by Crippen LogP contribution is 2.22. The van der Waals surface area contributed by atoms with Gasteiger partial charge in [0.2, 0.25) is 5.91 Å². The van der Waals surface area contributed by atoms with Gasteiger partial charge in [-0.3, -0.25) is 9.59 Å². The molecule has 1 amide bonds. The van der Waals surface area contributed by atoms with E-state index in [0.29, 0.717) is 18.0 Å². The van der Waals surface area contributed by atoms with Crippen molar-refractivity contribution in [2.24, 2.45) is 5.92 Å². The normalized spacial score (nSPS) is 16.2. The number of likely N-dealkylation sites (tertiary alicyclic amines) is 1. The van der Waals surface area contributed by atoms with Gasteiger partial charge in [0.1, 0.15) is 18.5 Å². The number of nitrogens with zero attached hydrogens (tertiary/aromatic N) is 1. The average Bonchev–Trinajstić information content (AvgIpc) is 2.73. The van der Waals surface area contributed by atoms with E-state index in [0.717, 1.165) is 31.5 Å². The van der Waals surface area contributed by atoms with Crippen LogP contribution < -0.4 is 10.1 Å². The molecule has 0 radical (unpaired) electrons. The van der Waals surface area contributed by atoms with Gasteiger partial charge in [-0.25, -0.2) is 0 Å². The molecular weight excluding hydrogens is 368 g/mol. The largest absolute Gasteiger partial charge is 0.491 e. The molecule has 1 saturated heterocycles.